The smallest absolute Gasteiger partial charge is 0.338 e. The van der Waals surface area contributed by atoms with Gasteiger partial charge >= 0.3 is 5.97 Å². The Labute approximate surface area is 152 Å². The average Bonchev–Trinajstić information content (AvgIpc) is 2.60. The SMILES string of the molecule is Cc1c(Br)ccc(NC(=O)COC(=O)c2cccc([N+](=O)[O-])c2)c1C. The minimum absolute atomic E-state index is 0.0117. The molecule has 0 aromatic heterocycles. The van der Waals surface area contributed by atoms with Gasteiger partial charge in [0.25, 0.3) is 11.6 Å². The van der Waals surface area contributed by atoms with Crippen LogP contribution in [0.2, 0.25) is 0 Å². The summed E-state index contributed by atoms with van der Waals surface area (Å²) in [5, 5.41) is 13.4. The third-order valence-electron chi connectivity index (χ3n) is 3.62. The van der Waals surface area contributed by atoms with Gasteiger partial charge in [0.2, 0.25) is 0 Å². The minimum atomic E-state index is -0.803. The standard InChI is InChI=1S/C17H15BrN2O5/c1-10-11(2)15(7-6-14(10)18)19-16(21)9-25-17(22)12-4-3-5-13(8-12)20(23)24/h3-8H,9H2,1-2H3,(H,19,21). The number of carbonyl (C=O) groups excluding carboxylic acids is 2. The summed E-state index contributed by atoms with van der Waals surface area (Å²) in [7, 11) is 0. The maximum absolute atomic E-state index is 12.0. The number of amides is 1. The van der Waals surface area contributed by atoms with Crippen molar-refractivity contribution in [2.24, 2.45) is 0 Å². The summed E-state index contributed by atoms with van der Waals surface area (Å²) in [4.78, 5) is 34.0. The van der Waals surface area contributed by atoms with Crippen LogP contribution in [0.5, 0.6) is 0 Å². The monoisotopic (exact) mass is 406 g/mol. The van der Waals surface area contributed by atoms with Crippen LogP contribution < -0.4 is 5.32 Å². The normalized spacial score (nSPS) is 10.2. The molecule has 0 aliphatic rings. The predicted molar refractivity (Wildman–Crippen MR) is 95.6 cm³/mol. The molecule has 0 saturated heterocycles. The minimum Gasteiger partial charge on any atom is -0.452 e. The van der Waals surface area contributed by atoms with E-state index in [0.717, 1.165) is 21.7 Å². The fraction of sp³-hybridized carbons (Fsp3) is 0.176. The zero-order valence-corrected chi connectivity index (χ0v) is 15.1. The first kappa shape index (κ1) is 18.6. The van der Waals surface area contributed by atoms with E-state index in [4.69, 9.17) is 4.74 Å². The molecule has 0 atom stereocenters. The van der Waals surface area contributed by atoms with Crippen molar-refractivity contribution in [1.29, 1.82) is 0 Å². The Balaban J connectivity index is 1.98. The van der Waals surface area contributed by atoms with Crippen molar-refractivity contribution in [3.8, 4) is 0 Å². The van der Waals surface area contributed by atoms with E-state index in [1.807, 2.05) is 19.9 Å². The number of nitrogens with one attached hydrogen (secondary N) is 1. The molecule has 0 aliphatic carbocycles. The number of carbonyl (C=O) groups is 2. The van der Waals surface area contributed by atoms with Crippen LogP contribution in [-0.4, -0.2) is 23.4 Å². The molecular formula is C17H15BrN2O5. The van der Waals surface area contributed by atoms with E-state index >= 15 is 0 Å². The Morgan fingerprint density at radius 3 is 2.60 bits per heavy atom. The van der Waals surface area contributed by atoms with Crippen LogP contribution in [0.15, 0.2) is 40.9 Å². The number of hydrogen-bond acceptors (Lipinski definition) is 5. The van der Waals surface area contributed by atoms with E-state index in [2.05, 4.69) is 21.2 Å². The second kappa shape index (κ2) is 7.89. The Hall–Kier alpha value is -2.74. The maximum Gasteiger partial charge on any atom is 0.338 e. The lowest BCUT2D eigenvalue weighted by Crippen LogP contribution is -2.21. The van der Waals surface area contributed by atoms with Crippen molar-refractivity contribution in [2.45, 2.75) is 13.8 Å². The van der Waals surface area contributed by atoms with E-state index in [-0.39, 0.29) is 11.3 Å². The lowest BCUT2D eigenvalue weighted by molar-refractivity contribution is -0.384. The van der Waals surface area contributed by atoms with Crippen LogP contribution in [0, 0.1) is 24.0 Å². The van der Waals surface area contributed by atoms with E-state index in [9.17, 15) is 19.7 Å². The highest BCUT2D eigenvalue weighted by atomic mass is 79.9. The van der Waals surface area contributed by atoms with Gasteiger partial charge in [-0.2, -0.15) is 0 Å². The van der Waals surface area contributed by atoms with Crippen LogP contribution in [0.1, 0.15) is 21.5 Å². The second-order valence-corrected chi connectivity index (χ2v) is 6.13. The zero-order chi connectivity index (χ0) is 18.6. The third kappa shape index (κ3) is 4.63. The van der Waals surface area contributed by atoms with E-state index in [1.165, 1.54) is 18.2 Å². The molecule has 0 saturated carbocycles. The van der Waals surface area contributed by atoms with Gasteiger partial charge in [0.05, 0.1) is 10.5 Å². The number of benzene rings is 2. The van der Waals surface area contributed by atoms with Crippen LogP contribution in [0.4, 0.5) is 11.4 Å². The molecule has 1 N–H and O–H groups in total. The first-order valence-electron chi connectivity index (χ1n) is 7.26. The van der Waals surface area contributed by atoms with Crippen molar-refractivity contribution in [3.05, 3.63) is 67.7 Å². The molecule has 25 heavy (non-hydrogen) atoms. The number of hydrogen-bond donors (Lipinski definition) is 1. The number of halogens is 1. The number of nitro benzene ring substituents is 1. The third-order valence-corrected chi connectivity index (χ3v) is 4.48. The zero-order valence-electron chi connectivity index (χ0n) is 13.5. The fourth-order valence-corrected chi connectivity index (χ4v) is 2.50. The van der Waals surface area contributed by atoms with Crippen molar-refractivity contribution < 1.29 is 19.2 Å². The Morgan fingerprint density at radius 2 is 1.92 bits per heavy atom. The highest BCUT2D eigenvalue weighted by molar-refractivity contribution is 9.10. The maximum atomic E-state index is 12.0. The van der Waals surface area contributed by atoms with Crippen LogP contribution in [-0.2, 0) is 9.53 Å². The number of non-ortho nitro benzene ring substituents is 1. The fourth-order valence-electron chi connectivity index (χ4n) is 2.07. The van der Waals surface area contributed by atoms with Crippen LogP contribution in [0.3, 0.4) is 0 Å². The van der Waals surface area contributed by atoms with E-state index in [0.29, 0.717) is 5.69 Å². The number of rotatable bonds is 5. The molecule has 130 valence electrons. The molecule has 7 nitrogen and oxygen atoms in total. The van der Waals surface area contributed by atoms with Gasteiger partial charge in [-0.1, -0.05) is 22.0 Å². The molecule has 0 aliphatic heterocycles. The number of esters is 1. The molecule has 0 unspecified atom stereocenters. The summed E-state index contributed by atoms with van der Waals surface area (Å²) in [6.07, 6.45) is 0. The van der Waals surface area contributed by atoms with E-state index < -0.39 is 23.4 Å². The number of anilines is 1. The first-order valence-corrected chi connectivity index (χ1v) is 8.06. The molecule has 1 amide bonds. The highest BCUT2D eigenvalue weighted by Gasteiger charge is 2.15. The first-order chi connectivity index (χ1) is 11.8. The molecular weight excluding hydrogens is 392 g/mol. The molecule has 8 heteroatoms. The molecule has 0 bridgehead atoms. The average molecular weight is 407 g/mol. The van der Waals surface area contributed by atoms with Gasteiger partial charge in [0, 0.05) is 22.3 Å². The van der Waals surface area contributed by atoms with Gasteiger partial charge in [0.1, 0.15) is 0 Å². The van der Waals surface area contributed by atoms with Gasteiger partial charge in [-0.05, 0) is 43.2 Å². The number of ether oxygens (including phenoxy) is 1. The predicted octanol–water partition coefficient (Wildman–Crippen LogP) is 3.77. The van der Waals surface area contributed by atoms with Crippen molar-refractivity contribution >= 4 is 39.2 Å². The molecule has 2 rings (SSSR count). The summed E-state index contributed by atoms with van der Waals surface area (Å²) in [6, 6.07) is 8.68. The Kier molecular flexibility index (Phi) is 5.87. The summed E-state index contributed by atoms with van der Waals surface area (Å²) in [5.74, 6) is -1.30. The Bertz CT molecular complexity index is 851. The molecule has 0 radical (unpaired) electrons. The molecule has 0 heterocycles. The summed E-state index contributed by atoms with van der Waals surface area (Å²) in [5.41, 5.74) is 2.30. The highest BCUT2D eigenvalue weighted by Crippen LogP contribution is 2.25. The van der Waals surface area contributed by atoms with Gasteiger partial charge in [-0.3, -0.25) is 14.9 Å². The largest absolute Gasteiger partial charge is 0.452 e. The second-order valence-electron chi connectivity index (χ2n) is 5.28. The Morgan fingerprint density at radius 1 is 1.20 bits per heavy atom. The van der Waals surface area contributed by atoms with Gasteiger partial charge in [0.15, 0.2) is 6.61 Å². The summed E-state index contributed by atoms with van der Waals surface area (Å²) in [6.45, 7) is 3.29. The lowest BCUT2D eigenvalue weighted by Gasteiger charge is -2.12. The summed E-state index contributed by atoms with van der Waals surface area (Å²) >= 11 is 3.41. The molecule has 2 aromatic rings. The lowest BCUT2D eigenvalue weighted by atomic mass is 10.1. The van der Waals surface area contributed by atoms with Crippen molar-refractivity contribution in [1.82, 2.24) is 0 Å². The topological polar surface area (TPSA) is 98.5 Å². The molecule has 2 aromatic carbocycles. The van der Waals surface area contributed by atoms with Gasteiger partial charge < -0.3 is 10.1 Å². The van der Waals surface area contributed by atoms with Gasteiger partial charge in [-0.15, -0.1) is 0 Å². The number of nitrogens with zero attached hydrogens (tertiary/aromatic N) is 1. The number of nitro groups is 1. The summed E-state index contributed by atoms with van der Waals surface area (Å²) < 4.78 is 5.84. The van der Waals surface area contributed by atoms with Crippen LogP contribution >= 0.6 is 15.9 Å². The van der Waals surface area contributed by atoms with Crippen molar-refractivity contribution in [2.75, 3.05) is 11.9 Å². The van der Waals surface area contributed by atoms with E-state index in [1.54, 1.807) is 6.07 Å². The van der Waals surface area contributed by atoms with Crippen LogP contribution in [0.25, 0.3) is 0 Å². The van der Waals surface area contributed by atoms with Crippen molar-refractivity contribution in [3.63, 3.8) is 0 Å². The quantitative estimate of drug-likeness (QED) is 0.462. The van der Waals surface area contributed by atoms with Gasteiger partial charge in [-0.25, -0.2) is 4.79 Å². The molecule has 0 fully saturated rings. The molecule has 0 spiro atoms.